The Morgan fingerprint density at radius 3 is 2.18 bits per heavy atom. The van der Waals surface area contributed by atoms with Gasteiger partial charge in [0.2, 0.25) is 0 Å². The fourth-order valence-corrected chi connectivity index (χ4v) is 3.49. The van der Waals surface area contributed by atoms with E-state index in [4.69, 9.17) is 11.1 Å². The molecule has 0 aliphatic heterocycles. The third-order valence-electron chi connectivity index (χ3n) is 4.28. The lowest BCUT2D eigenvalue weighted by molar-refractivity contribution is 0.105. The molecule has 2 fully saturated rings. The monoisotopic (exact) mass is 237 g/mol. The Labute approximate surface area is 105 Å². The highest BCUT2D eigenvalue weighted by molar-refractivity contribution is 5.76. The number of hydrogen-bond acceptors (Lipinski definition) is 2. The number of nitrogens with one attached hydrogen (secondary N) is 1. The molecule has 0 heterocycles. The summed E-state index contributed by atoms with van der Waals surface area (Å²) in [5, 5.41) is 7.39. The fraction of sp³-hybridized carbons (Fsp3) is 0.929. The lowest BCUT2D eigenvalue weighted by Crippen LogP contribution is -2.43. The second-order valence-electron chi connectivity index (χ2n) is 6.32. The first-order valence-corrected chi connectivity index (χ1v) is 7.15. The van der Waals surface area contributed by atoms with Gasteiger partial charge in [0.1, 0.15) is 0 Å². The van der Waals surface area contributed by atoms with Gasteiger partial charge in [0.15, 0.2) is 0 Å². The van der Waals surface area contributed by atoms with Gasteiger partial charge >= 0.3 is 0 Å². The maximum Gasteiger partial charge on any atom is 0.0918 e. The van der Waals surface area contributed by atoms with E-state index in [0.29, 0.717) is 5.84 Å². The van der Waals surface area contributed by atoms with E-state index >= 15 is 0 Å². The number of amidine groups is 1. The normalized spacial score (nSPS) is 33.9. The van der Waals surface area contributed by atoms with Crippen molar-refractivity contribution in [2.75, 3.05) is 6.54 Å². The topological polar surface area (TPSA) is 53.1 Å². The van der Waals surface area contributed by atoms with Gasteiger partial charge in [-0.25, -0.2) is 0 Å². The van der Waals surface area contributed by atoms with E-state index < -0.39 is 0 Å². The summed E-state index contributed by atoms with van der Waals surface area (Å²) in [5.74, 6) is 2.07. The standard InChI is InChI=1S/C14H27N3/c1-10-7-11(2)9-13(8-10)17(12-3-4-12)6-5-14(15)16/h10-13H,3-9H2,1-2H3,(H3,15,16). The van der Waals surface area contributed by atoms with E-state index in [1.54, 1.807) is 0 Å². The van der Waals surface area contributed by atoms with Crippen molar-refractivity contribution in [3.05, 3.63) is 0 Å². The van der Waals surface area contributed by atoms with Crippen LogP contribution in [0.4, 0.5) is 0 Å². The predicted octanol–water partition coefficient (Wildman–Crippen LogP) is 2.60. The Morgan fingerprint density at radius 1 is 1.12 bits per heavy atom. The van der Waals surface area contributed by atoms with Gasteiger partial charge in [-0.05, 0) is 43.9 Å². The molecule has 0 radical (unpaired) electrons. The molecule has 2 unspecified atom stereocenters. The fourth-order valence-electron chi connectivity index (χ4n) is 3.49. The molecule has 3 heteroatoms. The van der Waals surface area contributed by atoms with Crippen molar-refractivity contribution in [3.8, 4) is 0 Å². The van der Waals surface area contributed by atoms with Crippen molar-refractivity contribution in [1.82, 2.24) is 4.90 Å². The van der Waals surface area contributed by atoms with Gasteiger partial charge in [0.25, 0.3) is 0 Å². The van der Waals surface area contributed by atoms with Gasteiger partial charge in [0, 0.05) is 25.0 Å². The van der Waals surface area contributed by atoms with Crippen LogP contribution in [-0.4, -0.2) is 29.4 Å². The predicted molar refractivity (Wildman–Crippen MR) is 72.2 cm³/mol. The highest BCUT2D eigenvalue weighted by Gasteiger charge is 2.36. The van der Waals surface area contributed by atoms with E-state index in [1.165, 1.54) is 32.1 Å². The largest absolute Gasteiger partial charge is 0.388 e. The molecular weight excluding hydrogens is 210 g/mol. The third-order valence-corrected chi connectivity index (χ3v) is 4.28. The highest BCUT2D eigenvalue weighted by Crippen LogP contribution is 2.37. The molecule has 0 aromatic carbocycles. The van der Waals surface area contributed by atoms with Crippen LogP contribution in [0, 0.1) is 17.2 Å². The Bertz CT molecular complexity index is 263. The van der Waals surface area contributed by atoms with Gasteiger partial charge in [-0.2, -0.15) is 0 Å². The van der Waals surface area contributed by atoms with Crippen molar-refractivity contribution >= 4 is 5.84 Å². The van der Waals surface area contributed by atoms with Crippen LogP contribution in [0.3, 0.4) is 0 Å². The van der Waals surface area contributed by atoms with Crippen LogP contribution in [-0.2, 0) is 0 Å². The average molecular weight is 237 g/mol. The van der Waals surface area contributed by atoms with Crippen LogP contribution in [0.15, 0.2) is 0 Å². The minimum Gasteiger partial charge on any atom is -0.388 e. The summed E-state index contributed by atoms with van der Waals surface area (Å²) in [4.78, 5) is 2.66. The van der Waals surface area contributed by atoms with Gasteiger partial charge < -0.3 is 5.73 Å². The van der Waals surface area contributed by atoms with Crippen LogP contribution >= 0.6 is 0 Å². The molecular formula is C14H27N3. The van der Waals surface area contributed by atoms with Crippen molar-refractivity contribution < 1.29 is 0 Å². The summed E-state index contributed by atoms with van der Waals surface area (Å²) in [6, 6.07) is 1.55. The van der Waals surface area contributed by atoms with Gasteiger partial charge in [-0.15, -0.1) is 0 Å². The number of hydrogen-bond donors (Lipinski definition) is 2. The average Bonchev–Trinajstić information content (AvgIpc) is 3.00. The molecule has 0 bridgehead atoms. The first kappa shape index (κ1) is 12.9. The molecule has 0 spiro atoms. The SMILES string of the molecule is CC1CC(C)CC(N(CCC(=N)N)C2CC2)C1. The van der Waals surface area contributed by atoms with Crippen molar-refractivity contribution in [1.29, 1.82) is 5.41 Å². The number of nitrogens with zero attached hydrogens (tertiary/aromatic N) is 1. The highest BCUT2D eigenvalue weighted by atomic mass is 15.2. The molecule has 3 nitrogen and oxygen atoms in total. The quantitative estimate of drug-likeness (QED) is 0.570. The second-order valence-corrected chi connectivity index (χ2v) is 6.32. The zero-order valence-electron chi connectivity index (χ0n) is 11.3. The third kappa shape index (κ3) is 3.70. The van der Waals surface area contributed by atoms with Crippen LogP contribution in [0.5, 0.6) is 0 Å². The maximum atomic E-state index is 7.39. The molecule has 0 saturated heterocycles. The first-order chi connectivity index (χ1) is 8.06. The van der Waals surface area contributed by atoms with E-state index in [9.17, 15) is 0 Å². The zero-order valence-corrected chi connectivity index (χ0v) is 11.3. The molecule has 2 aliphatic carbocycles. The minimum absolute atomic E-state index is 0.340. The molecule has 0 aromatic heterocycles. The summed E-state index contributed by atoms with van der Waals surface area (Å²) in [6.07, 6.45) is 7.54. The summed E-state index contributed by atoms with van der Waals surface area (Å²) in [7, 11) is 0. The van der Waals surface area contributed by atoms with Crippen LogP contribution < -0.4 is 5.73 Å². The van der Waals surface area contributed by atoms with E-state index in [-0.39, 0.29) is 0 Å². The molecule has 0 aromatic rings. The molecule has 2 rings (SSSR count). The summed E-state index contributed by atoms with van der Waals surface area (Å²) in [5.41, 5.74) is 5.50. The Morgan fingerprint density at radius 2 is 1.71 bits per heavy atom. The zero-order chi connectivity index (χ0) is 12.4. The van der Waals surface area contributed by atoms with Crippen LogP contribution in [0.1, 0.15) is 52.4 Å². The second kappa shape index (κ2) is 5.38. The lowest BCUT2D eigenvalue weighted by atomic mass is 9.79. The van der Waals surface area contributed by atoms with E-state index in [2.05, 4.69) is 18.7 Å². The van der Waals surface area contributed by atoms with Gasteiger partial charge in [0.05, 0.1) is 5.84 Å². The summed E-state index contributed by atoms with van der Waals surface area (Å²) < 4.78 is 0. The molecule has 2 aliphatic rings. The van der Waals surface area contributed by atoms with Crippen LogP contribution in [0.2, 0.25) is 0 Å². The number of nitrogens with two attached hydrogens (primary N) is 1. The minimum atomic E-state index is 0.340. The van der Waals surface area contributed by atoms with Crippen molar-refractivity contribution in [2.24, 2.45) is 17.6 Å². The maximum absolute atomic E-state index is 7.39. The van der Waals surface area contributed by atoms with Crippen molar-refractivity contribution in [3.63, 3.8) is 0 Å². The van der Waals surface area contributed by atoms with Gasteiger partial charge in [-0.1, -0.05) is 13.8 Å². The van der Waals surface area contributed by atoms with Gasteiger partial charge in [-0.3, -0.25) is 10.3 Å². The summed E-state index contributed by atoms with van der Waals surface area (Å²) >= 11 is 0. The molecule has 17 heavy (non-hydrogen) atoms. The van der Waals surface area contributed by atoms with Crippen molar-refractivity contribution in [2.45, 2.75) is 64.5 Å². The number of rotatable bonds is 5. The van der Waals surface area contributed by atoms with E-state index in [1.807, 2.05) is 0 Å². The Kier molecular flexibility index (Phi) is 4.08. The smallest absolute Gasteiger partial charge is 0.0918 e. The van der Waals surface area contributed by atoms with E-state index in [0.717, 1.165) is 36.9 Å². The Hall–Kier alpha value is -0.570. The molecule has 2 saturated carbocycles. The molecule has 3 N–H and O–H groups in total. The molecule has 98 valence electrons. The molecule has 2 atom stereocenters. The van der Waals surface area contributed by atoms with Crippen LogP contribution in [0.25, 0.3) is 0 Å². The Balaban J connectivity index is 1.92. The molecule has 0 amide bonds. The first-order valence-electron chi connectivity index (χ1n) is 7.15. The lowest BCUT2D eigenvalue weighted by Gasteiger charge is -2.39. The summed E-state index contributed by atoms with van der Waals surface area (Å²) in [6.45, 7) is 5.78.